The Kier molecular flexibility index (Phi) is 8.22. The molecule has 0 aromatic heterocycles. The van der Waals surface area contributed by atoms with E-state index in [-0.39, 0.29) is 5.54 Å². The van der Waals surface area contributed by atoms with Gasteiger partial charge in [-0.2, -0.15) is 0 Å². The molecule has 0 saturated heterocycles. The van der Waals surface area contributed by atoms with Crippen molar-refractivity contribution in [2.24, 2.45) is 23.7 Å². The van der Waals surface area contributed by atoms with Crippen molar-refractivity contribution in [3.63, 3.8) is 0 Å². The van der Waals surface area contributed by atoms with Crippen LogP contribution in [-0.2, 0) is 0 Å². The number of hydrogen-bond donors (Lipinski definition) is 0. The fourth-order valence-corrected chi connectivity index (χ4v) is 11.3. The summed E-state index contributed by atoms with van der Waals surface area (Å²) in [5.41, 5.74) is 16.7. The van der Waals surface area contributed by atoms with Crippen molar-refractivity contribution >= 4 is 11.3 Å². The lowest BCUT2D eigenvalue weighted by molar-refractivity contribution is 0.328. The van der Waals surface area contributed by atoms with E-state index in [2.05, 4.69) is 127 Å². The molecular formula is C50H56N2. The molecule has 0 saturated carbocycles. The van der Waals surface area contributed by atoms with Gasteiger partial charge in [-0.15, -0.1) is 0 Å². The van der Waals surface area contributed by atoms with Gasteiger partial charge in [-0.05, 0) is 149 Å². The van der Waals surface area contributed by atoms with Crippen molar-refractivity contribution < 1.29 is 0 Å². The number of rotatable bonds is 5. The summed E-state index contributed by atoms with van der Waals surface area (Å²) in [4.78, 5) is 5.52. The second kappa shape index (κ2) is 13.1. The normalized spacial score (nSPS) is 33.6. The summed E-state index contributed by atoms with van der Waals surface area (Å²) < 4.78 is 0. The van der Waals surface area contributed by atoms with Gasteiger partial charge in [0.25, 0.3) is 0 Å². The third-order valence-electron chi connectivity index (χ3n) is 14.1. The van der Waals surface area contributed by atoms with Gasteiger partial charge in [-0.3, -0.25) is 0 Å². The van der Waals surface area contributed by atoms with Gasteiger partial charge in [-0.25, -0.2) is 0 Å². The fraction of sp³-hybridized carbons (Fsp3) is 0.440. The summed E-state index contributed by atoms with van der Waals surface area (Å²) >= 11 is 0. The molecule has 2 nitrogen and oxygen atoms in total. The van der Waals surface area contributed by atoms with Crippen LogP contribution in [0.3, 0.4) is 0 Å². The first-order chi connectivity index (χ1) is 25.5. The van der Waals surface area contributed by atoms with Gasteiger partial charge < -0.3 is 9.80 Å². The summed E-state index contributed by atoms with van der Waals surface area (Å²) in [6, 6.07) is 9.74. The first-order valence-electron chi connectivity index (χ1n) is 20.9. The third kappa shape index (κ3) is 5.42. The van der Waals surface area contributed by atoms with Crippen LogP contribution >= 0.6 is 0 Å². The predicted octanol–water partition coefficient (Wildman–Crippen LogP) is 12.8. The van der Waals surface area contributed by atoms with Crippen LogP contribution in [0.2, 0.25) is 0 Å². The number of nitrogens with zero attached hydrogens (tertiary/aromatic N) is 2. The Hall–Kier alpha value is -4.04. The second-order valence-electron chi connectivity index (χ2n) is 17.4. The van der Waals surface area contributed by atoms with Crippen LogP contribution in [0.25, 0.3) is 5.57 Å². The molecule has 2 heteroatoms. The van der Waals surface area contributed by atoms with E-state index >= 15 is 0 Å². The molecule has 6 atom stereocenters. The van der Waals surface area contributed by atoms with Crippen molar-refractivity contribution in [3.05, 3.63) is 154 Å². The van der Waals surface area contributed by atoms with E-state index in [1.807, 2.05) is 0 Å². The smallest absolute Gasteiger partial charge is 0.0712 e. The van der Waals surface area contributed by atoms with Crippen LogP contribution < -0.4 is 4.90 Å². The van der Waals surface area contributed by atoms with Gasteiger partial charge in [0.2, 0.25) is 0 Å². The summed E-state index contributed by atoms with van der Waals surface area (Å²) in [5.74, 6) is 2.35. The minimum absolute atomic E-state index is 0.0555. The van der Waals surface area contributed by atoms with E-state index in [1.54, 1.807) is 16.8 Å². The van der Waals surface area contributed by atoms with Crippen LogP contribution in [0.15, 0.2) is 148 Å². The molecule has 0 N–H and O–H groups in total. The number of anilines is 1. The van der Waals surface area contributed by atoms with Crippen molar-refractivity contribution in [1.29, 1.82) is 0 Å². The van der Waals surface area contributed by atoms with E-state index in [1.165, 1.54) is 96.3 Å². The fourth-order valence-electron chi connectivity index (χ4n) is 11.3. The van der Waals surface area contributed by atoms with Crippen molar-refractivity contribution in [2.75, 3.05) is 4.90 Å². The summed E-state index contributed by atoms with van der Waals surface area (Å²) in [5, 5.41) is 0. The largest absolute Gasteiger partial charge is 0.337 e. The molecular weight excluding hydrogens is 629 g/mol. The highest BCUT2D eigenvalue weighted by molar-refractivity contribution is 5.94. The quantitative estimate of drug-likeness (QED) is 0.285. The molecule has 266 valence electrons. The monoisotopic (exact) mass is 684 g/mol. The van der Waals surface area contributed by atoms with E-state index in [4.69, 9.17) is 0 Å². The molecule has 0 amide bonds. The van der Waals surface area contributed by atoms with Crippen LogP contribution in [0.1, 0.15) is 109 Å². The molecule has 9 aliphatic rings. The SMILES string of the molecule is C[C@@H]1C=CC(C2=CCCC(N3c4ccccc4C4=CC(C5C=C6C7=C(CCC=C7)N(C7=CCC(C8=CCCCC8)C=C7)C6CC5)=CCC43C)=C2)CC1. The van der Waals surface area contributed by atoms with Gasteiger partial charge in [0.05, 0.1) is 11.6 Å². The van der Waals surface area contributed by atoms with Crippen molar-refractivity contribution in [1.82, 2.24) is 4.90 Å². The molecule has 5 unspecified atom stereocenters. The Labute approximate surface area is 312 Å². The first-order valence-corrected chi connectivity index (χ1v) is 20.9. The van der Waals surface area contributed by atoms with E-state index in [9.17, 15) is 0 Å². The van der Waals surface area contributed by atoms with Crippen molar-refractivity contribution in [3.8, 4) is 0 Å². The first kappa shape index (κ1) is 32.6. The number of hydrogen-bond acceptors (Lipinski definition) is 2. The van der Waals surface area contributed by atoms with Crippen LogP contribution in [-0.4, -0.2) is 16.5 Å². The lowest BCUT2D eigenvalue weighted by Crippen LogP contribution is -2.44. The van der Waals surface area contributed by atoms with Crippen LogP contribution in [0, 0.1) is 23.7 Å². The molecule has 2 aliphatic heterocycles. The standard InChI is InChI=1S/C50H56N2/c1-34-19-21-37(22-20-34)38-13-10-14-42(31-38)52-49-18-9-7-16-44(49)46-33-40(29-30-50(46,52)2)39-25-28-48-45(32-39)43-15-6-8-17-47(43)51(48)41-26-23-36(24-27-41)35-11-4-3-5-12-35/h6-7,9,11,13,15-16,18-19,21,23,26-27,29,31-34,36-37,39,48H,3-5,8,10,12,14,17,20,22,24-25,28,30H2,1-2H3/t34-,36?,37?,39?,48?,50?/m1/s1. The number of para-hydroxylation sites is 1. The number of allylic oxidation sites excluding steroid dienone is 17. The molecule has 1 aromatic rings. The number of fused-ring (bicyclic) bond motifs is 5. The van der Waals surface area contributed by atoms with Gasteiger partial charge >= 0.3 is 0 Å². The van der Waals surface area contributed by atoms with E-state index in [0.29, 0.717) is 29.7 Å². The van der Waals surface area contributed by atoms with Gasteiger partial charge in [0.1, 0.15) is 0 Å². The van der Waals surface area contributed by atoms with E-state index < -0.39 is 0 Å². The average molecular weight is 685 g/mol. The van der Waals surface area contributed by atoms with Crippen LogP contribution in [0.4, 0.5) is 5.69 Å². The highest BCUT2D eigenvalue weighted by atomic mass is 15.2. The molecule has 0 bridgehead atoms. The maximum absolute atomic E-state index is 2.77. The summed E-state index contributed by atoms with van der Waals surface area (Å²) in [6.07, 6.45) is 50.1. The minimum atomic E-state index is -0.0555. The number of benzene rings is 1. The third-order valence-corrected chi connectivity index (χ3v) is 14.1. The molecule has 0 fully saturated rings. The Morgan fingerprint density at radius 1 is 0.750 bits per heavy atom. The predicted molar refractivity (Wildman–Crippen MR) is 218 cm³/mol. The molecule has 0 radical (unpaired) electrons. The Morgan fingerprint density at radius 3 is 2.50 bits per heavy atom. The van der Waals surface area contributed by atoms with Gasteiger partial charge in [-0.1, -0.05) is 97.5 Å². The highest BCUT2D eigenvalue weighted by Gasteiger charge is 2.47. The molecule has 1 aromatic carbocycles. The van der Waals surface area contributed by atoms with Gasteiger partial charge in [0, 0.05) is 46.1 Å². The maximum atomic E-state index is 2.77. The highest BCUT2D eigenvalue weighted by Crippen LogP contribution is 2.56. The van der Waals surface area contributed by atoms with Gasteiger partial charge in [0.15, 0.2) is 0 Å². The maximum Gasteiger partial charge on any atom is 0.0712 e. The molecule has 7 aliphatic carbocycles. The lowest BCUT2D eigenvalue weighted by atomic mass is 9.74. The topological polar surface area (TPSA) is 6.48 Å². The molecule has 0 spiro atoms. The molecule has 2 heterocycles. The zero-order chi connectivity index (χ0) is 34.8. The average Bonchev–Trinajstić information content (AvgIpc) is 3.67. The Balaban J connectivity index is 0.937. The van der Waals surface area contributed by atoms with Crippen molar-refractivity contribution in [2.45, 2.75) is 115 Å². The zero-order valence-corrected chi connectivity index (χ0v) is 31.5. The summed E-state index contributed by atoms with van der Waals surface area (Å²) in [6.45, 7) is 4.87. The minimum Gasteiger partial charge on any atom is -0.337 e. The lowest BCUT2D eigenvalue weighted by Gasteiger charge is -2.43. The van der Waals surface area contributed by atoms with E-state index in [0.717, 1.165) is 38.5 Å². The zero-order valence-electron chi connectivity index (χ0n) is 31.5. The van der Waals surface area contributed by atoms with Crippen LogP contribution in [0.5, 0.6) is 0 Å². The second-order valence-corrected chi connectivity index (χ2v) is 17.4. The molecule has 52 heavy (non-hydrogen) atoms. The Morgan fingerprint density at radius 2 is 1.65 bits per heavy atom. The molecule has 10 rings (SSSR count). The summed E-state index contributed by atoms with van der Waals surface area (Å²) in [7, 11) is 0. The Bertz CT molecular complexity index is 2010.